The van der Waals surface area contributed by atoms with E-state index in [1.165, 1.54) is 0 Å². The highest BCUT2D eigenvalue weighted by atomic mass is 16.4. The molecular weight excluding hydrogens is 270 g/mol. The van der Waals surface area contributed by atoms with E-state index in [1.807, 2.05) is 0 Å². The molecule has 0 aromatic rings. The van der Waals surface area contributed by atoms with Crippen LogP contribution < -0.4 is 5.32 Å². The van der Waals surface area contributed by atoms with E-state index in [2.05, 4.69) is 36.0 Å². The molecule has 6 heteroatoms. The Labute approximate surface area is 127 Å². The lowest BCUT2D eigenvalue weighted by Gasteiger charge is -2.43. The summed E-state index contributed by atoms with van der Waals surface area (Å²) < 4.78 is 0. The summed E-state index contributed by atoms with van der Waals surface area (Å²) in [4.78, 5) is 27.2. The van der Waals surface area contributed by atoms with Crippen molar-refractivity contribution in [3.8, 4) is 0 Å². The van der Waals surface area contributed by atoms with E-state index in [0.717, 1.165) is 26.2 Å². The van der Waals surface area contributed by atoms with E-state index in [4.69, 9.17) is 5.11 Å². The number of amides is 1. The maximum absolute atomic E-state index is 11.9. The second-order valence-electron chi connectivity index (χ2n) is 6.79. The number of carboxylic acid groups (broad SMARTS) is 1. The molecule has 122 valence electrons. The van der Waals surface area contributed by atoms with Gasteiger partial charge in [0.2, 0.25) is 5.91 Å². The SMILES string of the molecule is CC(CC(=O)O)CC(=O)NCC(C)(C)N1CCN(C)CC1. The molecule has 0 aliphatic carbocycles. The Morgan fingerprint density at radius 1 is 1.19 bits per heavy atom. The minimum absolute atomic E-state index is 0.0370. The average Bonchev–Trinajstić information content (AvgIpc) is 2.36. The number of piperazine rings is 1. The molecule has 0 saturated carbocycles. The minimum atomic E-state index is -0.854. The first-order valence-corrected chi connectivity index (χ1v) is 7.63. The van der Waals surface area contributed by atoms with Crippen molar-refractivity contribution in [3.63, 3.8) is 0 Å². The highest BCUT2D eigenvalue weighted by Gasteiger charge is 2.29. The van der Waals surface area contributed by atoms with E-state index in [9.17, 15) is 9.59 Å². The van der Waals surface area contributed by atoms with E-state index in [0.29, 0.717) is 6.54 Å². The highest BCUT2D eigenvalue weighted by molar-refractivity contribution is 5.77. The molecule has 1 amide bonds. The number of nitrogens with zero attached hydrogens (tertiary/aromatic N) is 2. The molecular formula is C15H29N3O3. The van der Waals surface area contributed by atoms with Crippen LogP contribution in [-0.2, 0) is 9.59 Å². The lowest BCUT2D eigenvalue weighted by molar-refractivity contribution is -0.138. The van der Waals surface area contributed by atoms with Crippen molar-refractivity contribution < 1.29 is 14.7 Å². The number of aliphatic carboxylic acids is 1. The molecule has 21 heavy (non-hydrogen) atoms. The molecule has 2 N–H and O–H groups in total. The van der Waals surface area contributed by atoms with Crippen molar-refractivity contribution in [2.45, 2.75) is 39.2 Å². The first-order valence-electron chi connectivity index (χ1n) is 7.63. The third-order valence-electron chi connectivity index (χ3n) is 4.13. The summed E-state index contributed by atoms with van der Waals surface area (Å²) in [5.41, 5.74) is -0.0764. The van der Waals surface area contributed by atoms with Crippen molar-refractivity contribution in [1.82, 2.24) is 15.1 Å². The fraction of sp³-hybridized carbons (Fsp3) is 0.867. The Kier molecular flexibility index (Phi) is 6.61. The van der Waals surface area contributed by atoms with Gasteiger partial charge in [-0.3, -0.25) is 14.5 Å². The van der Waals surface area contributed by atoms with Crippen LogP contribution in [0.25, 0.3) is 0 Å². The maximum atomic E-state index is 11.9. The van der Waals surface area contributed by atoms with Crippen LogP contribution in [0.4, 0.5) is 0 Å². The van der Waals surface area contributed by atoms with Gasteiger partial charge in [0.25, 0.3) is 0 Å². The molecule has 1 fully saturated rings. The van der Waals surface area contributed by atoms with Gasteiger partial charge in [-0.15, -0.1) is 0 Å². The number of carbonyl (C=O) groups excluding carboxylic acids is 1. The van der Waals surface area contributed by atoms with Gasteiger partial charge >= 0.3 is 5.97 Å². The predicted octanol–water partition coefficient (Wildman–Crippen LogP) is 0.630. The van der Waals surface area contributed by atoms with Crippen LogP contribution in [0, 0.1) is 5.92 Å². The zero-order valence-electron chi connectivity index (χ0n) is 13.7. The van der Waals surface area contributed by atoms with Gasteiger partial charge in [0.1, 0.15) is 0 Å². The van der Waals surface area contributed by atoms with Crippen LogP contribution in [0.15, 0.2) is 0 Å². The largest absolute Gasteiger partial charge is 0.481 e. The number of nitrogens with one attached hydrogen (secondary N) is 1. The van der Waals surface area contributed by atoms with Crippen LogP contribution >= 0.6 is 0 Å². The normalized spacial score (nSPS) is 19.2. The van der Waals surface area contributed by atoms with E-state index in [1.54, 1.807) is 6.92 Å². The lowest BCUT2D eigenvalue weighted by atomic mass is 10.00. The number of hydrogen-bond donors (Lipinski definition) is 2. The van der Waals surface area contributed by atoms with E-state index < -0.39 is 5.97 Å². The van der Waals surface area contributed by atoms with Crippen LogP contribution in [-0.4, -0.2) is 72.1 Å². The van der Waals surface area contributed by atoms with E-state index in [-0.39, 0.29) is 30.2 Å². The molecule has 1 aliphatic rings. The van der Waals surface area contributed by atoms with Crippen LogP contribution in [0.3, 0.4) is 0 Å². The number of likely N-dealkylation sites (N-methyl/N-ethyl adjacent to an activating group) is 1. The average molecular weight is 299 g/mol. The first-order chi connectivity index (χ1) is 9.70. The Bertz CT molecular complexity index is 363. The molecule has 1 atom stereocenters. The summed E-state index contributed by atoms with van der Waals surface area (Å²) in [6.07, 6.45) is 0.306. The summed E-state index contributed by atoms with van der Waals surface area (Å²) >= 11 is 0. The van der Waals surface area contributed by atoms with Gasteiger partial charge in [-0.2, -0.15) is 0 Å². The molecule has 1 heterocycles. The Morgan fingerprint density at radius 2 is 1.76 bits per heavy atom. The summed E-state index contributed by atoms with van der Waals surface area (Å²) in [6.45, 7) is 10.8. The fourth-order valence-corrected chi connectivity index (χ4v) is 2.60. The summed E-state index contributed by atoms with van der Waals surface area (Å²) in [7, 11) is 2.12. The van der Waals surface area contributed by atoms with Crippen LogP contribution in [0.1, 0.15) is 33.6 Å². The van der Waals surface area contributed by atoms with Crippen molar-refractivity contribution in [3.05, 3.63) is 0 Å². The first kappa shape index (κ1) is 17.9. The third kappa shape index (κ3) is 6.44. The van der Waals surface area contributed by atoms with Gasteiger partial charge in [-0.05, 0) is 26.8 Å². The summed E-state index contributed by atoms with van der Waals surface area (Å²) in [5.74, 6) is -1.05. The number of rotatable bonds is 7. The molecule has 1 rings (SSSR count). The molecule has 1 unspecified atom stereocenters. The molecule has 6 nitrogen and oxygen atoms in total. The van der Waals surface area contributed by atoms with Crippen molar-refractivity contribution >= 4 is 11.9 Å². The zero-order valence-corrected chi connectivity index (χ0v) is 13.7. The molecule has 0 aromatic heterocycles. The second-order valence-corrected chi connectivity index (χ2v) is 6.79. The molecule has 0 radical (unpaired) electrons. The molecule has 0 bridgehead atoms. The number of hydrogen-bond acceptors (Lipinski definition) is 4. The maximum Gasteiger partial charge on any atom is 0.303 e. The molecule has 1 aliphatic heterocycles. The van der Waals surface area contributed by atoms with Crippen molar-refractivity contribution in [1.29, 1.82) is 0 Å². The minimum Gasteiger partial charge on any atom is -0.481 e. The third-order valence-corrected chi connectivity index (χ3v) is 4.13. The van der Waals surface area contributed by atoms with Gasteiger partial charge in [0, 0.05) is 51.1 Å². The zero-order chi connectivity index (χ0) is 16.0. The smallest absolute Gasteiger partial charge is 0.303 e. The number of carboxylic acids is 1. The topological polar surface area (TPSA) is 72.9 Å². The fourth-order valence-electron chi connectivity index (χ4n) is 2.60. The van der Waals surface area contributed by atoms with Gasteiger partial charge in [0.15, 0.2) is 0 Å². The molecule has 0 aromatic carbocycles. The van der Waals surface area contributed by atoms with Crippen LogP contribution in [0.2, 0.25) is 0 Å². The second kappa shape index (κ2) is 7.75. The summed E-state index contributed by atoms with van der Waals surface area (Å²) in [6, 6.07) is 0. The Balaban J connectivity index is 2.35. The van der Waals surface area contributed by atoms with Gasteiger partial charge < -0.3 is 15.3 Å². The predicted molar refractivity (Wildman–Crippen MR) is 82.2 cm³/mol. The van der Waals surface area contributed by atoms with Crippen molar-refractivity contribution in [2.24, 2.45) is 5.92 Å². The Morgan fingerprint density at radius 3 is 2.29 bits per heavy atom. The highest BCUT2D eigenvalue weighted by Crippen LogP contribution is 2.16. The summed E-state index contributed by atoms with van der Waals surface area (Å²) in [5, 5.41) is 11.7. The number of carbonyl (C=O) groups is 2. The standard InChI is InChI=1S/C15H29N3O3/c1-12(10-14(20)21)9-13(19)16-11-15(2,3)18-7-5-17(4)6-8-18/h12H,5-11H2,1-4H3,(H,16,19)(H,20,21). The van der Waals surface area contributed by atoms with Gasteiger partial charge in [0.05, 0.1) is 0 Å². The lowest BCUT2D eigenvalue weighted by Crippen LogP contribution is -2.57. The molecule has 0 spiro atoms. The van der Waals surface area contributed by atoms with Gasteiger partial charge in [-0.1, -0.05) is 6.92 Å². The van der Waals surface area contributed by atoms with Crippen LogP contribution in [0.5, 0.6) is 0 Å². The van der Waals surface area contributed by atoms with Crippen molar-refractivity contribution in [2.75, 3.05) is 39.8 Å². The Hall–Kier alpha value is -1.14. The quantitative estimate of drug-likeness (QED) is 0.721. The monoisotopic (exact) mass is 299 g/mol. The van der Waals surface area contributed by atoms with E-state index >= 15 is 0 Å². The van der Waals surface area contributed by atoms with Gasteiger partial charge in [-0.25, -0.2) is 0 Å². The molecule has 1 saturated heterocycles.